The Labute approximate surface area is 105 Å². The van der Waals surface area contributed by atoms with Gasteiger partial charge in [0.2, 0.25) is 0 Å². The molecule has 0 unspecified atom stereocenters. The fourth-order valence-corrected chi connectivity index (χ4v) is 0. The van der Waals surface area contributed by atoms with Crippen LogP contribution in [0.4, 0.5) is 0 Å². The summed E-state index contributed by atoms with van der Waals surface area (Å²) >= 11 is -0.639. The first-order valence-electron chi connectivity index (χ1n) is 0.535. The van der Waals surface area contributed by atoms with E-state index in [2.05, 4.69) is 0 Å². The van der Waals surface area contributed by atoms with Crippen LogP contribution < -0.4 is 0 Å². The molecule has 0 aromatic carbocycles. The van der Waals surface area contributed by atoms with E-state index in [0.29, 0.717) is 0 Å². The summed E-state index contributed by atoms with van der Waals surface area (Å²) in [4.78, 5) is 0. The molecule has 6 heavy (non-hydrogen) atoms. The molecular weight excluding hydrogens is 177 g/mol. The Morgan fingerprint density at radius 3 is 1.00 bits per heavy atom. The third-order valence-corrected chi connectivity index (χ3v) is 0. The van der Waals surface area contributed by atoms with Crippen molar-refractivity contribution in [3.05, 3.63) is 0 Å². The van der Waals surface area contributed by atoms with Gasteiger partial charge in [0.1, 0.15) is 0 Å². The molecule has 0 N–H and O–H groups in total. The Hall–Kier alpha value is 3.64. The fourth-order valence-electron chi connectivity index (χ4n) is 0. The molecule has 0 aromatic heterocycles. The predicted octanol–water partition coefficient (Wildman–Crippen LogP) is 0.123. The molecule has 28 valence electrons. The van der Waals surface area contributed by atoms with Crippen LogP contribution in [0.1, 0.15) is 0 Å². The summed E-state index contributed by atoms with van der Waals surface area (Å²) in [5, 5.41) is 0. The Bertz CT molecular complexity index is 8.75. The molecule has 0 bridgehead atoms. The van der Waals surface area contributed by atoms with Crippen molar-refractivity contribution < 1.29 is 0 Å². The van der Waals surface area contributed by atoms with Gasteiger partial charge < -0.3 is 18.1 Å². The third kappa shape index (κ3) is 25.4. The van der Waals surface area contributed by atoms with E-state index in [-0.39, 0.29) is 71.5 Å². The predicted molar refractivity (Wildman–Crippen MR) is 39.0 cm³/mol. The molecule has 0 saturated carbocycles. The van der Waals surface area contributed by atoms with Crippen molar-refractivity contribution in [2.75, 3.05) is 0 Å². The maximum absolute atomic E-state index is 4.90. The zero-order valence-corrected chi connectivity index (χ0v) is 5.61. The summed E-state index contributed by atoms with van der Waals surface area (Å²) in [6.07, 6.45) is 0. The van der Waals surface area contributed by atoms with Crippen LogP contribution in [-0.2, 0) is 0 Å². The van der Waals surface area contributed by atoms with Crippen molar-refractivity contribution in [2.24, 2.45) is 0 Å². The Morgan fingerprint density at radius 1 is 1.00 bits per heavy atom. The van der Waals surface area contributed by atoms with E-state index in [4.69, 9.17) is 18.1 Å². The molecule has 0 saturated heterocycles. The third-order valence-electron chi connectivity index (χ3n) is 0. The van der Waals surface area contributed by atoms with Crippen molar-refractivity contribution in [3.63, 3.8) is 0 Å². The van der Waals surface area contributed by atoms with Crippen molar-refractivity contribution in [1.29, 1.82) is 0 Å². The summed E-state index contributed by atoms with van der Waals surface area (Å²) < 4.78 is 0. The SMILES string of the molecule is Cl.[Cl][Mg][Cl].[NaH].[NaH]. The molecule has 0 amide bonds. The Morgan fingerprint density at radius 2 is 1.00 bits per heavy atom. The van der Waals surface area contributed by atoms with E-state index < -0.39 is 18.2 Å². The van der Waals surface area contributed by atoms with Gasteiger partial charge >= 0.3 is 77.3 Å². The molecule has 0 rings (SSSR count). The molecule has 0 aliphatic rings. The summed E-state index contributed by atoms with van der Waals surface area (Å²) in [7, 11) is 9.81. The first-order valence-corrected chi connectivity index (χ1v) is 4.81. The first-order chi connectivity index (χ1) is 1.41. The van der Waals surface area contributed by atoms with Crippen LogP contribution in [0.3, 0.4) is 0 Å². The van der Waals surface area contributed by atoms with E-state index >= 15 is 0 Å². The van der Waals surface area contributed by atoms with E-state index in [9.17, 15) is 0 Å². The van der Waals surface area contributed by atoms with Gasteiger partial charge in [-0.15, -0.1) is 12.4 Å². The van der Waals surface area contributed by atoms with Crippen molar-refractivity contribution >= 4 is 108 Å². The van der Waals surface area contributed by atoms with Gasteiger partial charge in [0, 0.05) is 0 Å². The zero-order valence-electron chi connectivity index (χ0n) is 1.87. The van der Waals surface area contributed by atoms with Crippen LogP contribution in [0.15, 0.2) is 0 Å². The van der Waals surface area contributed by atoms with Crippen molar-refractivity contribution in [2.45, 2.75) is 0 Å². The van der Waals surface area contributed by atoms with Gasteiger partial charge in [0.15, 0.2) is 0 Å². The number of halogens is 3. The van der Waals surface area contributed by atoms with Gasteiger partial charge in [-0.2, -0.15) is 0 Å². The molecular formula is H3Cl3MgNa2. The fraction of sp³-hybridized carbons (Fsp3) is 0. The van der Waals surface area contributed by atoms with Crippen LogP contribution >= 0.6 is 30.6 Å². The normalized spacial score (nSPS) is 1.67. The second-order valence-corrected chi connectivity index (χ2v) is 2.73. The average molecular weight is 180 g/mol. The van der Waals surface area contributed by atoms with Gasteiger partial charge in [-0.3, -0.25) is 0 Å². The Balaban J connectivity index is -0.00000000667. The monoisotopic (exact) mass is 178 g/mol. The molecule has 0 fully saturated rings. The summed E-state index contributed by atoms with van der Waals surface area (Å²) in [6, 6.07) is 0. The standard InChI is InChI=1S/3ClH.Mg.2Na.2H/h3*1H;;;;;/q;;;+2;;;;/p-2. The van der Waals surface area contributed by atoms with E-state index in [1.807, 2.05) is 0 Å². The number of hydrogen-bond acceptors (Lipinski definition) is 0. The molecule has 0 heterocycles. The summed E-state index contributed by atoms with van der Waals surface area (Å²) in [5.74, 6) is 0. The molecule has 0 aliphatic heterocycles. The molecule has 0 spiro atoms. The van der Waals surface area contributed by atoms with Crippen LogP contribution in [0.25, 0.3) is 0 Å². The van der Waals surface area contributed by atoms with Gasteiger partial charge in [-0.1, -0.05) is 0 Å². The van der Waals surface area contributed by atoms with Gasteiger partial charge in [0.25, 0.3) is 0 Å². The Kier molecular flexibility index (Phi) is 88.3. The molecule has 0 radical (unpaired) electrons. The quantitative estimate of drug-likeness (QED) is 0.464. The number of rotatable bonds is 0. The zero-order chi connectivity index (χ0) is 2.71. The van der Waals surface area contributed by atoms with Crippen LogP contribution in [0.2, 0.25) is 0 Å². The van der Waals surface area contributed by atoms with Crippen molar-refractivity contribution in [3.8, 4) is 0 Å². The average Bonchev–Trinajstić information content (AvgIpc) is 0.918. The first kappa shape index (κ1) is 22.6. The van der Waals surface area contributed by atoms with Crippen LogP contribution in [0.5, 0.6) is 0 Å². The topological polar surface area (TPSA) is 0 Å². The van der Waals surface area contributed by atoms with Crippen molar-refractivity contribution in [1.82, 2.24) is 0 Å². The van der Waals surface area contributed by atoms with Gasteiger partial charge in [-0.05, 0) is 0 Å². The molecule has 6 heteroatoms. The van der Waals surface area contributed by atoms with Gasteiger partial charge in [0.05, 0.1) is 0 Å². The second-order valence-electron chi connectivity index (χ2n) is 0.101. The minimum absolute atomic E-state index is 0. The van der Waals surface area contributed by atoms with E-state index in [0.717, 1.165) is 0 Å². The van der Waals surface area contributed by atoms with Gasteiger partial charge in [-0.25, -0.2) is 0 Å². The van der Waals surface area contributed by atoms with E-state index in [1.165, 1.54) is 0 Å². The maximum atomic E-state index is 4.90. The summed E-state index contributed by atoms with van der Waals surface area (Å²) in [6.45, 7) is 0. The minimum atomic E-state index is -0.639. The molecule has 0 aromatic rings. The second kappa shape index (κ2) is 23.4. The number of hydrogen-bond donors (Lipinski definition) is 0. The van der Waals surface area contributed by atoms with E-state index in [1.54, 1.807) is 0 Å². The van der Waals surface area contributed by atoms with Crippen LogP contribution in [-0.4, -0.2) is 77.3 Å². The molecule has 0 nitrogen and oxygen atoms in total. The van der Waals surface area contributed by atoms with Crippen LogP contribution in [0, 0.1) is 0 Å². The molecule has 0 aliphatic carbocycles. The summed E-state index contributed by atoms with van der Waals surface area (Å²) in [5.41, 5.74) is 0. The molecule has 0 atom stereocenters.